The summed E-state index contributed by atoms with van der Waals surface area (Å²) >= 11 is 0. The highest BCUT2D eigenvalue weighted by atomic mass is 15.2. The predicted octanol–water partition coefficient (Wildman–Crippen LogP) is 2.76. The molecule has 2 rings (SSSR count). The van der Waals surface area contributed by atoms with Crippen LogP contribution in [0.15, 0.2) is 47.7 Å². The van der Waals surface area contributed by atoms with Crippen molar-refractivity contribution in [1.29, 1.82) is 10.9 Å². The molecule has 7 nitrogen and oxygen atoms in total. The minimum absolute atomic E-state index is 0.376. The summed E-state index contributed by atoms with van der Waals surface area (Å²) in [5, 5.41) is 11.6. The topological polar surface area (TPSA) is 137 Å². The molecule has 0 aliphatic rings. The van der Waals surface area contributed by atoms with Crippen LogP contribution in [0, 0.1) is 17.9 Å². The van der Waals surface area contributed by atoms with E-state index in [9.17, 15) is 0 Å². The molecule has 0 spiro atoms. The average Bonchev–Trinajstić information content (AvgIpc) is 2.57. The van der Waals surface area contributed by atoms with Crippen molar-refractivity contribution >= 4 is 17.2 Å². The lowest BCUT2D eigenvalue weighted by Gasteiger charge is -2.09. The molecule has 1 heterocycles. The molecule has 0 bridgehead atoms. The van der Waals surface area contributed by atoms with Gasteiger partial charge in [0.25, 0.3) is 0 Å². The molecule has 124 valence electrons. The number of nitrogen functional groups attached to an aromatic ring is 1. The summed E-state index contributed by atoms with van der Waals surface area (Å²) in [6.45, 7) is 1.80. The van der Waals surface area contributed by atoms with Crippen LogP contribution in [-0.2, 0) is 12.8 Å². The van der Waals surface area contributed by atoms with E-state index in [1.165, 1.54) is 6.20 Å². The van der Waals surface area contributed by atoms with Gasteiger partial charge in [0.05, 0.1) is 11.4 Å². The van der Waals surface area contributed by atoms with E-state index in [-0.39, 0.29) is 0 Å². The zero-order valence-electron chi connectivity index (χ0n) is 13.5. The van der Waals surface area contributed by atoms with Gasteiger partial charge in [-0.25, -0.2) is 10.5 Å². The van der Waals surface area contributed by atoms with E-state index in [0.717, 1.165) is 23.1 Å². The van der Waals surface area contributed by atoms with Crippen LogP contribution in [0.3, 0.4) is 0 Å². The fourth-order valence-electron chi connectivity index (χ4n) is 2.50. The summed E-state index contributed by atoms with van der Waals surface area (Å²) in [7, 11) is 0. The number of nitrogens with zero attached hydrogens (tertiary/aromatic N) is 2. The number of benzene rings is 1. The zero-order chi connectivity index (χ0) is 17.5. The highest BCUT2D eigenvalue weighted by molar-refractivity contribution is 6.06. The van der Waals surface area contributed by atoms with Gasteiger partial charge in [0.15, 0.2) is 0 Å². The molecule has 0 aliphatic carbocycles. The molecule has 0 radical (unpaired) electrons. The van der Waals surface area contributed by atoms with Crippen LogP contribution in [0.4, 0.5) is 11.5 Å². The lowest BCUT2D eigenvalue weighted by atomic mass is 10.00. The minimum atomic E-state index is 0.376. The van der Waals surface area contributed by atoms with Gasteiger partial charge in [0.1, 0.15) is 11.5 Å². The second-order valence-electron chi connectivity index (χ2n) is 5.37. The van der Waals surface area contributed by atoms with E-state index in [1.807, 2.05) is 24.3 Å². The van der Waals surface area contributed by atoms with Crippen molar-refractivity contribution in [3.8, 4) is 0 Å². The van der Waals surface area contributed by atoms with Crippen LogP contribution in [0.25, 0.3) is 0 Å². The third kappa shape index (κ3) is 4.23. The predicted molar refractivity (Wildman–Crippen MR) is 95.3 cm³/mol. The Hall–Kier alpha value is -3.06. The van der Waals surface area contributed by atoms with Crippen molar-refractivity contribution in [2.24, 2.45) is 11.0 Å². The van der Waals surface area contributed by atoms with E-state index in [0.29, 0.717) is 29.3 Å². The molecule has 0 saturated carbocycles. The summed E-state index contributed by atoms with van der Waals surface area (Å²) in [5.41, 5.74) is 19.9. The van der Waals surface area contributed by atoms with Crippen molar-refractivity contribution in [2.45, 2.75) is 19.8 Å². The normalized spacial score (nSPS) is 10.8. The van der Waals surface area contributed by atoms with E-state index >= 15 is 0 Å². The Labute approximate surface area is 140 Å². The number of anilines is 1. The molecule has 0 unspecified atom stereocenters. The van der Waals surface area contributed by atoms with Crippen LogP contribution < -0.4 is 17.0 Å². The van der Waals surface area contributed by atoms with E-state index in [1.54, 1.807) is 19.1 Å². The maximum Gasteiger partial charge on any atom is 0.124 e. The second-order valence-corrected chi connectivity index (χ2v) is 5.37. The first-order valence-electron chi connectivity index (χ1n) is 7.49. The molecule has 0 saturated heterocycles. The highest BCUT2D eigenvalue weighted by Gasteiger charge is 2.09. The fourth-order valence-corrected chi connectivity index (χ4v) is 2.50. The molecule has 0 fully saturated rings. The smallest absolute Gasteiger partial charge is 0.124 e. The SMILES string of the molecule is Cc1nc(N)cc(CCc2cccc(C(=N)/C=C\NN)c2)c1N=N. The number of allylic oxidation sites excluding steroid dienone is 1. The Balaban J connectivity index is 2.17. The van der Waals surface area contributed by atoms with Crippen molar-refractivity contribution in [1.82, 2.24) is 10.4 Å². The van der Waals surface area contributed by atoms with Crippen LogP contribution >= 0.6 is 0 Å². The molecule has 0 atom stereocenters. The maximum atomic E-state index is 8.00. The molecule has 1 aromatic heterocycles. The Morgan fingerprint density at radius 2 is 2.12 bits per heavy atom. The number of aromatic nitrogens is 1. The Bertz CT molecular complexity index is 781. The van der Waals surface area contributed by atoms with Gasteiger partial charge >= 0.3 is 0 Å². The summed E-state index contributed by atoms with van der Waals surface area (Å²) in [6, 6.07) is 9.55. The quantitative estimate of drug-likeness (QED) is 0.231. The number of aryl methyl sites for hydroxylation is 3. The molecule has 7 heteroatoms. The minimum Gasteiger partial charge on any atom is -0.384 e. The molecule has 1 aromatic carbocycles. The number of pyridine rings is 1. The summed E-state index contributed by atoms with van der Waals surface area (Å²) in [4.78, 5) is 4.14. The first-order chi connectivity index (χ1) is 11.5. The second kappa shape index (κ2) is 7.98. The van der Waals surface area contributed by atoms with Gasteiger partial charge in [-0.3, -0.25) is 5.84 Å². The van der Waals surface area contributed by atoms with Crippen molar-refractivity contribution in [3.63, 3.8) is 0 Å². The van der Waals surface area contributed by atoms with Crippen molar-refractivity contribution in [3.05, 3.63) is 65.0 Å². The lowest BCUT2D eigenvalue weighted by molar-refractivity contribution is 0.938. The Morgan fingerprint density at radius 3 is 2.83 bits per heavy atom. The summed E-state index contributed by atoms with van der Waals surface area (Å²) in [6.07, 6.45) is 4.57. The van der Waals surface area contributed by atoms with Crippen LogP contribution in [0.5, 0.6) is 0 Å². The van der Waals surface area contributed by atoms with Crippen molar-refractivity contribution < 1.29 is 0 Å². The molecule has 0 aliphatic heterocycles. The van der Waals surface area contributed by atoms with E-state index in [2.05, 4.69) is 15.5 Å². The zero-order valence-corrected chi connectivity index (χ0v) is 13.5. The maximum absolute atomic E-state index is 8.00. The molecule has 2 aromatic rings. The highest BCUT2D eigenvalue weighted by Crippen LogP contribution is 2.25. The standard InChI is InChI=1S/C17H21N7/c1-11-17(24-21)14(10-16(19)23-11)6-5-12-3-2-4-13(9-12)15(18)7-8-22-20/h2-4,7-10,18,21-22H,5-6,20H2,1H3,(H2,19,23)/b8-7-,18-15?,24-21?. The van der Waals surface area contributed by atoms with Gasteiger partial charge in [-0.15, -0.1) is 0 Å². The third-order valence-electron chi connectivity index (χ3n) is 3.64. The Morgan fingerprint density at radius 1 is 1.33 bits per heavy atom. The van der Waals surface area contributed by atoms with Crippen molar-refractivity contribution in [2.75, 3.05) is 5.73 Å². The Kier molecular flexibility index (Phi) is 5.75. The molecular formula is C17H21N7. The van der Waals surface area contributed by atoms with Crippen LogP contribution in [-0.4, -0.2) is 10.7 Å². The monoisotopic (exact) mass is 323 g/mol. The van der Waals surface area contributed by atoms with Gasteiger partial charge < -0.3 is 16.6 Å². The average molecular weight is 323 g/mol. The van der Waals surface area contributed by atoms with Crippen LogP contribution in [0.2, 0.25) is 0 Å². The largest absolute Gasteiger partial charge is 0.384 e. The first-order valence-corrected chi connectivity index (χ1v) is 7.49. The van der Waals surface area contributed by atoms with Gasteiger partial charge in [-0.05, 0) is 54.7 Å². The lowest BCUT2D eigenvalue weighted by Crippen LogP contribution is -2.13. The molecule has 0 amide bonds. The summed E-state index contributed by atoms with van der Waals surface area (Å²) < 4.78 is 0. The van der Waals surface area contributed by atoms with E-state index in [4.69, 9.17) is 22.5 Å². The van der Waals surface area contributed by atoms with E-state index < -0.39 is 0 Å². The van der Waals surface area contributed by atoms with Gasteiger partial charge in [0, 0.05) is 6.20 Å². The number of rotatable bonds is 7. The number of nitrogens with one attached hydrogen (secondary N) is 3. The molecule has 7 N–H and O–H groups in total. The molecule has 24 heavy (non-hydrogen) atoms. The number of hydrazine groups is 1. The molecular weight excluding hydrogens is 302 g/mol. The third-order valence-corrected chi connectivity index (χ3v) is 3.64. The number of hydrogen-bond acceptors (Lipinski definition) is 7. The van der Waals surface area contributed by atoms with Gasteiger partial charge in [-0.1, -0.05) is 18.2 Å². The van der Waals surface area contributed by atoms with Crippen LogP contribution in [0.1, 0.15) is 22.4 Å². The van der Waals surface area contributed by atoms with Gasteiger partial charge in [-0.2, -0.15) is 5.11 Å². The first kappa shape index (κ1) is 17.3. The number of hydrogen-bond donors (Lipinski definition) is 5. The summed E-state index contributed by atoms with van der Waals surface area (Å²) in [5.74, 6) is 5.61. The number of nitrogens with two attached hydrogens (primary N) is 2. The fraction of sp³-hybridized carbons (Fsp3) is 0.176. The van der Waals surface area contributed by atoms with Gasteiger partial charge in [0.2, 0.25) is 0 Å².